The van der Waals surface area contributed by atoms with E-state index in [1.165, 1.54) is 13.8 Å². The van der Waals surface area contributed by atoms with Crippen molar-refractivity contribution in [3.8, 4) is 23.7 Å². The topological polar surface area (TPSA) is 64.7 Å². The molecule has 1 aromatic carbocycles. The van der Waals surface area contributed by atoms with Crippen molar-refractivity contribution < 1.29 is 9.59 Å². The third kappa shape index (κ3) is 8.69. The molecule has 0 aliphatic rings. The second-order valence-electron chi connectivity index (χ2n) is 6.83. The van der Waals surface area contributed by atoms with Crippen LogP contribution in [0.3, 0.4) is 0 Å². The van der Waals surface area contributed by atoms with Crippen LogP contribution in [0.15, 0.2) is 12.1 Å². The van der Waals surface area contributed by atoms with Crippen LogP contribution < -0.4 is 10.6 Å². The molecule has 0 fully saturated rings. The minimum Gasteiger partial charge on any atom is -0.325 e. The first-order valence-electron chi connectivity index (χ1n) is 10.5. The van der Waals surface area contributed by atoms with Crippen molar-refractivity contribution in [3.63, 3.8) is 0 Å². The van der Waals surface area contributed by atoms with Gasteiger partial charge in [-0.15, -0.1) is 0 Å². The molecule has 6 nitrogen and oxygen atoms in total. The first kappa shape index (κ1) is 25.2. The van der Waals surface area contributed by atoms with Gasteiger partial charge in [0, 0.05) is 25.0 Å². The third-order valence-corrected chi connectivity index (χ3v) is 4.62. The molecule has 0 aromatic heterocycles. The Morgan fingerprint density at radius 3 is 1.40 bits per heavy atom. The molecule has 0 aliphatic carbocycles. The van der Waals surface area contributed by atoms with Gasteiger partial charge < -0.3 is 10.6 Å². The lowest BCUT2D eigenvalue weighted by Crippen LogP contribution is -2.23. The maximum atomic E-state index is 11.7. The van der Waals surface area contributed by atoms with E-state index in [-0.39, 0.29) is 11.8 Å². The molecule has 0 aliphatic heterocycles. The zero-order valence-electron chi connectivity index (χ0n) is 19.1. The van der Waals surface area contributed by atoms with Crippen LogP contribution in [0.2, 0.25) is 0 Å². The highest BCUT2D eigenvalue weighted by molar-refractivity contribution is 5.95. The molecule has 0 saturated heterocycles. The molecule has 0 unspecified atom stereocenters. The van der Waals surface area contributed by atoms with Crippen molar-refractivity contribution >= 4 is 23.2 Å². The Kier molecular flexibility index (Phi) is 11.3. The third-order valence-electron chi connectivity index (χ3n) is 4.62. The van der Waals surface area contributed by atoms with Crippen molar-refractivity contribution in [2.45, 2.75) is 41.5 Å². The van der Waals surface area contributed by atoms with E-state index in [2.05, 4.69) is 71.8 Å². The summed E-state index contributed by atoms with van der Waals surface area (Å²) in [4.78, 5) is 27.8. The van der Waals surface area contributed by atoms with Crippen molar-refractivity contribution in [1.82, 2.24) is 9.80 Å². The molecular formula is C24H34N4O2. The van der Waals surface area contributed by atoms with Gasteiger partial charge in [0.15, 0.2) is 0 Å². The predicted molar refractivity (Wildman–Crippen MR) is 124 cm³/mol. The second-order valence-corrected chi connectivity index (χ2v) is 6.83. The summed E-state index contributed by atoms with van der Waals surface area (Å²) in [6, 6.07) is 3.56. The highest BCUT2D eigenvalue weighted by Crippen LogP contribution is 2.25. The molecular weight excluding hydrogens is 376 g/mol. The number of rotatable bonds is 8. The number of nitrogens with zero attached hydrogens (tertiary/aromatic N) is 2. The van der Waals surface area contributed by atoms with Gasteiger partial charge in [0.25, 0.3) is 0 Å². The molecule has 0 bridgehead atoms. The summed E-state index contributed by atoms with van der Waals surface area (Å²) in [5, 5.41) is 5.62. The molecule has 0 radical (unpaired) electrons. The van der Waals surface area contributed by atoms with E-state index in [1.54, 1.807) is 6.07 Å². The van der Waals surface area contributed by atoms with Gasteiger partial charge in [-0.1, -0.05) is 51.4 Å². The Labute approximate surface area is 181 Å². The largest absolute Gasteiger partial charge is 0.325 e. The normalized spacial score (nSPS) is 10.1. The quantitative estimate of drug-likeness (QED) is 0.647. The van der Waals surface area contributed by atoms with Gasteiger partial charge in [-0.2, -0.15) is 0 Å². The van der Waals surface area contributed by atoms with Crippen LogP contribution >= 0.6 is 0 Å². The number of anilines is 2. The number of carbonyl (C=O) groups is 2. The SMILES string of the molecule is CCN(CC)CC#Cc1cc(C#CCN(CC)CC)c(NC(C)=O)cc1NC(C)=O. The van der Waals surface area contributed by atoms with Gasteiger partial charge in [-0.05, 0) is 38.3 Å². The lowest BCUT2D eigenvalue weighted by Gasteiger charge is -2.14. The minimum atomic E-state index is -0.198. The number of nitrogens with one attached hydrogen (secondary N) is 2. The highest BCUT2D eigenvalue weighted by atomic mass is 16.2. The summed E-state index contributed by atoms with van der Waals surface area (Å²) in [6.45, 7) is 16.3. The maximum absolute atomic E-state index is 11.7. The number of hydrogen-bond acceptors (Lipinski definition) is 4. The molecule has 0 saturated carbocycles. The smallest absolute Gasteiger partial charge is 0.221 e. The van der Waals surface area contributed by atoms with Crippen LogP contribution in [0.5, 0.6) is 0 Å². The first-order valence-corrected chi connectivity index (χ1v) is 10.5. The lowest BCUT2D eigenvalue weighted by atomic mass is 10.1. The fourth-order valence-corrected chi connectivity index (χ4v) is 2.78. The Balaban J connectivity index is 3.39. The minimum absolute atomic E-state index is 0.198. The van der Waals surface area contributed by atoms with Crippen molar-refractivity contribution in [3.05, 3.63) is 23.3 Å². The summed E-state index contributed by atoms with van der Waals surface area (Å²) < 4.78 is 0. The Morgan fingerprint density at radius 1 is 0.733 bits per heavy atom. The first-order chi connectivity index (χ1) is 14.3. The van der Waals surface area contributed by atoms with Crippen LogP contribution in [0.1, 0.15) is 52.7 Å². The van der Waals surface area contributed by atoms with Gasteiger partial charge in [0.05, 0.1) is 24.5 Å². The van der Waals surface area contributed by atoms with E-state index < -0.39 is 0 Å². The zero-order chi connectivity index (χ0) is 22.5. The van der Waals surface area contributed by atoms with Crippen molar-refractivity contribution in [2.75, 3.05) is 49.9 Å². The van der Waals surface area contributed by atoms with E-state index >= 15 is 0 Å². The molecule has 30 heavy (non-hydrogen) atoms. The van der Waals surface area contributed by atoms with Crippen LogP contribution in [0.4, 0.5) is 11.4 Å². The van der Waals surface area contributed by atoms with Crippen molar-refractivity contribution in [2.24, 2.45) is 0 Å². The van der Waals surface area contributed by atoms with E-state index in [0.717, 1.165) is 26.2 Å². The van der Waals surface area contributed by atoms with Crippen LogP contribution in [0.25, 0.3) is 0 Å². The van der Waals surface area contributed by atoms with E-state index in [9.17, 15) is 9.59 Å². The van der Waals surface area contributed by atoms with Gasteiger partial charge in [0.2, 0.25) is 11.8 Å². The van der Waals surface area contributed by atoms with E-state index in [0.29, 0.717) is 35.6 Å². The van der Waals surface area contributed by atoms with E-state index in [1.807, 2.05) is 6.07 Å². The zero-order valence-corrected chi connectivity index (χ0v) is 19.1. The molecule has 6 heteroatoms. The predicted octanol–water partition coefficient (Wildman–Crippen LogP) is 2.99. The lowest BCUT2D eigenvalue weighted by molar-refractivity contribution is -0.115. The van der Waals surface area contributed by atoms with E-state index in [4.69, 9.17) is 0 Å². The van der Waals surface area contributed by atoms with Crippen LogP contribution in [0, 0.1) is 23.7 Å². The molecule has 0 atom stereocenters. The Hall–Kier alpha value is -2.80. The second kappa shape index (κ2) is 13.4. The molecule has 0 heterocycles. The molecule has 2 N–H and O–H groups in total. The van der Waals surface area contributed by atoms with Gasteiger partial charge in [0.1, 0.15) is 0 Å². The number of amides is 2. The van der Waals surface area contributed by atoms with Gasteiger partial charge in [-0.3, -0.25) is 19.4 Å². The molecule has 0 spiro atoms. The van der Waals surface area contributed by atoms with Gasteiger partial charge in [-0.25, -0.2) is 0 Å². The fraction of sp³-hybridized carbons (Fsp3) is 0.500. The molecule has 162 valence electrons. The highest BCUT2D eigenvalue weighted by Gasteiger charge is 2.10. The number of hydrogen-bond donors (Lipinski definition) is 2. The van der Waals surface area contributed by atoms with Crippen LogP contribution in [-0.2, 0) is 9.59 Å². The molecule has 1 aromatic rings. The summed E-state index contributed by atoms with van der Waals surface area (Å²) in [5.41, 5.74) is 2.48. The molecule has 1 rings (SSSR count). The summed E-state index contributed by atoms with van der Waals surface area (Å²) in [6.07, 6.45) is 0. The fourth-order valence-electron chi connectivity index (χ4n) is 2.78. The standard InChI is InChI=1S/C24H34N4O2/c1-7-27(8-2)15-11-13-21-17-22(14-12-16-28(9-3)10-4)24(26-20(6)30)18-23(21)25-19(5)29/h17-18H,7-10,15-16H2,1-6H3,(H,25,29)(H,26,30). The molecule has 2 amide bonds. The van der Waals surface area contributed by atoms with Gasteiger partial charge >= 0.3 is 0 Å². The Morgan fingerprint density at radius 2 is 1.10 bits per heavy atom. The Bertz CT molecular complexity index is 780. The van der Waals surface area contributed by atoms with Crippen molar-refractivity contribution in [1.29, 1.82) is 0 Å². The average Bonchev–Trinajstić information content (AvgIpc) is 2.70. The van der Waals surface area contributed by atoms with Crippen LogP contribution in [-0.4, -0.2) is 60.9 Å². The summed E-state index contributed by atoms with van der Waals surface area (Å²) >= 11 is 0. The monoisotopic (exact) mass is 410 g/mol. The number of carbonyl (C=O) groups excluding carboxylic acids is 2. The maximum Gasteiger partial charge on any atom is 0.221 e. The average molecular weight is 411 g/mol. The summed E-state index contributed by atoms with van der Waals surface area (Å²) in [7, 11) is 0. The summed E-state index contributed by atoms with van der Waals surface area (Å²) in [5.74, 6) is 12.3. The number of benzene rings is 1.